The first kappa shape index (κ1) is 21.8. The number of aliphatic hydroxyl groups is 1. The van der Waals surface area contributed by atoms with E-state index in [1.54, 1.807) is 6.07 Å². The number of benzene rings is 2. The lowest BCUT2D eigenvalue weighted by atomic mass is 9.66. The number of unbranched alkanes of at least 4 members (excludes halogenated alkanes) is 3. The van der Waals surface area contributed by atoms with Gasteiger partial charge in [0.05, 0.1) is 6.10 Å². The number of aliphatic hydroxyl groups excluding tert-OH is 1. The summed E-state index contributed by atoms with van der Waals surface area (Å²) in [5.41, 5.74) is 11.6. The molecule has 164 valence electrons. The Hall–Kier alpha value is -2.39. The molecular formula is C28H34FNO. The molecule has 0 amide bonds. The van der Waals surface area contributed by atoms with Crippen molar-refractivity contribution in [3.8, 4) is 0 Å². The predicted molar refractivity (Wildman–Crippen MR) is 128 cm³/mol. The number of hydrogen-bond donors (Lipinski definition) is 2. The first-order chi connectivity index (χ1) is 15.0. The summed E-state index contributed by atoms with van der Waals surface area (Å²) in [6.45, 7) is 6.79. The lowest BCUT2D eigenvalue weighted by Gasteiger charge is -2.37. The van der Waals surface area contributed by atoms with Crippen molar-refractivity contribution in [2.24, 2.45) is 11.3 Å². The van der Waals surface area contributed by atoms with Gasteiger partial charge in [0.2, 0.25) is 0 Å². The monoisotopic (exact) mass is 419 g/mol. The van der Waals surface area contributed by atoms with Gasteiger partial charge in [0.15, 0.2) is 0 Å². The predicted octanol–water partition coefficient (Wildman–Crippen LogP) is 7.01. The van der Waals surface area contributed by atoms with E-state index in [0.717, 1.165) is 48.8 Å². The zero-order chi connectivity index (χ0) is 22.0. The fourth-order valence-corrected chi connectivity index (χ4v) is 6.03. The van der Waals surface area contributed by atoms with E-state index in [1.165, 1.54) is 36.5 Å². The molecule has 3 N–H and O–H groups in total. The summed E-state index contributed by atoms with van der Waals surface area (Å²) in [7, 11) is 0. The zero-order valence-corrected chi connectivity index (χ0v) is 18.5. The molecule has 1 fully saturated rings. The Morgan fingerprint density at radius 3 is 2.65 bits per heavy atom. The second-order valence-corrected chi connectivity index (χ2v) is 9.30. The van der Waals surface area contributed by atoms with Crippen molar-refractivity contribution in [1.82, 2.24) is 0 Å². The Morgan fingerprint density at radius 1 is 1.16 bits per heavy atom. The molecule has 2 nitrogen and oxygen atoms in total. The summed E-state index contributed by atoms with van der Waals surface area (Å²) >= 11 is 0. The highest BCUT2D eigenvalue weighted by Crippen LogP contribution is 2.66. The lowest BCUT2D eigenvalue weighted by molar-refractivity contribution is 0.120. The van der Waals surface area contributed by atoms with Crippen LogP contribution in [0.15, 0.2) is 60.7 Å². The van der Waals surface area contributed by atoms with Gasteiger partial charge >= 0.3 is 0 Å². The summed E-state index contributed by atoms with van der Waals surface area (Å²) in [5, 5.41) is 11.0. The SMILES string of the molecule is C=C(c1ccccc1)[C@@]12CC[C@@H](O)[C@@H]1CC(CCCCCC)=C2c1cc(N)cc(F)c1. The van der Waals surface area contributed by atoms with E-state index in [-0.39, 0.29) is 23.3 Å². The van der Waals surface area contributed by atoms with Crippen LogP contribution in [0.4, 0.5) is 10.1 Å². The third kappa shape index (κ3) is 3.96. The largest absolute Gasteiger partial charge is 0.399 e. The molecular weight excluding hydrogens is 385 g/mol. The number of rotatable bonds is 8. The first-order valence-electron chi connectivity index (χ1n) is 11.7. The maximum Gasteiger partial charge on any atom is 0.125 e. The van der Waals surface area contributed by atoms with Crippen molar-refractivity contribution < 1.29 is 9.50 Å². The van der Waals surface area contributed by atoms with Crippen LogP contribution in [0.5, 0.6) is 0 Å². The Kier molecular flexibility index (Phi) is 6.34. The van der Waals surface area contributed by atoms with Crippen LogP contribution in [0.25, 0.3) is 11.1 Å². The van der Waals surface area contributed by atoms with Crippen LogP contribution in [0, 0.1) is 17.2 Å². The lowest BCUT2D eigenvalue weighted by Crippen LogP contribution is -2.29. The summed E-state index contributed by atoms with van der Waals surface area (Å²) in [6.07, 6.45) is 7.78. The van der Waals surface area contributed by atoms with Crippen LogP contribution in [0.3, 0.4) is 0 Å². The Bertz CT molecular complexity index is 960. The van der Waals surface area contributed by atoms with Crippen LogP contribution >= 0.6 is 0 Å². The normalized spacial score (nSPS) is 25.1. The van der Waals surface area contributed by atoms with Crippen molar-refractivity contribution >= 4 is 16.8 Å². The molecule has 2 aromatic carbocycles. The molecule has 0 heterocycles. The van der Waals surface area contributed by atoms with E-state index >= 15 is 0 Å². The Labute approximate surface area is 185 Å². The Morgan fingerprint density at radius 2 is 1.94 bits per heavy atom. The van der Waals surface area contributed by atoms with Gasteiger partial charge in [-0.3, -0.25) is 0 Å². The van der Waals surface area contributed by atoms with Gasteiger partial charge in [-0.1, -0.05) is 68.7 Å². The van der Waals surface area contributed by atoms with Crippen LogP contribution < -0.4 is 5.73 Å². The minimum Gasteiger partial charge on any atom is -0.399 e. The van der Waals surface area contributed by atoms with Gasteiger partial charge in [0.1, 0.15) is 5.82 Å². The summed E-state index contributed by atoms with van der Waals surface area (Å²) in [6, 6.07) is 15.1. The van der Waals surface area contributed by atoms with Crippen molar-refractivity contribution in [2.75, 3.05) is 5.73 Å². The first-order valence-corrected chi connectivity index (χ1v) is 11.7. The molecule has 0 bridgehead atoms. The molecule has 0 aliphatic heterocycles. The van der Waals surface area contributed by atoms with Gasteiger partial charge in [0, 0.05) is 17.0 Å². The van der Waals surface area contributed by atoms with Crippen LogP contribution in [-0.2, 0) is 0 Å². The average molecular weight is 420 g/mol. The van der Waals surface area contributed by atoms with Gasteiger partial charge in [-0.05, 0) is 72.6 Å². The highest BCUT2D eigenvalue weighted by molar-refractivity contribution is 5.90. The zero-order valence-electron chi connectivity index (χ0n) is 18.5. The van der Waals surface area contributed by atoms with E-state index in [2.05, 4.69) is 25.6 Å². The second-order valence-electron chi connectivity index (χ2n) is 9.30. The average Bonchev–Trinajstić information content (AvgIpc) is 3.25. The minimum absolute atomic E-state index is 0.0841. The number of anilines is 1. The number of allylic oxidation sites excluding steroid dienone is 3. The highest BCUT2D eigenvalue weighted by Gasteiger charge is 2.56. The van der Waals surface area contributed by atoms with Crippen LogP contribution in [0.1, 0.15) is 69.4 Å². The van der Waals surface area contributed by atoms with E-state index < -0.39 is 0 Å². The molecule has 0 unspecified atom stereocenters. The van der Waals surface area contributed by atoms with Crippen molar-refractivity contribution in [1.29, 1.82) is 0 Å². The van der Waals surface area contributed by atoms with E-state index in [9.17, 15) is 9.50 Å². The molecule has 3 atom stereocenters. The Balaban J connectivity index is 1.85. The van der Waals surface area contributed by atoms with Gasteiger partial charge in [-0.2, -0.15) is 0 Å². The van der Waals surface area contributed by atoms with Gasteiger partial charge in [-0.15, -0.1) is 0 Å². The number of nitrogens with two attached hydrogens (primary N) is 1. The van der Waals surface area contributed by atoms with Crippen molar-refractivity contribution in [3.05, 3.63) is 77.6 Å². The smallest absolute Gasteiger partial charge is 0.125 e. The van der Waals surface area contributed by atoms with E-state index in [0.29, 0.717) is 5.69 Å². The molecule has 2 aliphatic rings. The third-order valence-corrected chi connectivity index (χ3v) is 7.40. The molecule has 0 radical (unpaired) electrons. The van der Waals surface area contributed by atoms with Crippen LogP contribution in [0.2, 0.25) is 0 Å². The number of halogens is 1. The molecule has 1 saturated carbocycles. The molecule has 4 rings (SSSR count). The van der Waals surface area contributed by atoms with E-state index in [1.807, 2.05) is 24.3 Å². The van der Waals surface area contributed by atoms with Gasteiger partial charge < -0.3 is 10.8 Å². The number of hydrogen-bond acceptors (Lipinski definition) is 2. The molecule has 3 heteroatoms. The van der Waals surface area contributed by atoms with Crippen molar-refractivity contribution in [2.45, 2.75) is 64.4 Å². The summed E-state index contributed by atoms with van der Waals surface area (Å²) in [5.74, 6) is -0.226. The summed E-state index contributed by atoms with van der Waals surface area (Å²) < 4.78 is 14.5. The molecule has 0 spiro atoms. The second kappa shape index (κ2) is 9.00. The standard InChI is InChI=1S/C28H34FNO/c1-3-4-5-7-12-21-17-25-26(31)13-14-28(25,19(2)20-10-8-6-9-11-20)27(21)22-15-23(29)18-24(30)16-22/h6,8-11,15-16,18,25-26,31H,2-5,7,12-14,17,30H2,1H3/t25-,26+,28-/m0/s1. The minimum atomic E-state index is -0.374. The fourth-order valence-electron chi connectivity index (χ4n) is 6.03. The molecule has 31 heavy (non-hydrogen) atoms. The van der Waals surface area contributed by atoms with Gasteiger partial charge in [0.25, 0.3) is 0 Å². The quantitative estimate of drug-likeness (QED) is 0.357. The highest BCUT2D eigenvalue weighted by atomic mass is 19.1. The summed E-state index contributed by atoms with van der Waals surface area (Å²) in [4.78, 5) is 0. The van der Waals surface area contributed by atoms with Crippen molar-refractivity contribution in [3.63, 3.8) is 0 Å². The maximum absolute atomic E-state index is 14.5. The topological polar surface area (TPSA) is 46.2 Å². The molecule has 2 aliphatic carbocycles. The molecule has 2 aromatic rings. The number of nitrogen functional groups attached to an aromatic ring is 1. The van der Waals surface area contributed by atoms with Crippen LogP contribution in [-0.4, -0.2) is 11.2 Å². The molecule has 0 saturated heterocycles. The molecule has 0 aromatic heterocycles. The number of fused-ring (bicyclic) bond motifs is 1. The fraction of sp³-hybridized carbons (Fsp3) is 0.429. The third-order valence-electron chi connectivity index (χ3n) is 7.40. The van der Waals surface area contributed by atoms with E-state index in [4.69, 9.17) is 5.73 Å². The van der Waals surface area contributed by atoms with Gasteiger partial charge in [-0.25, -0.2) is 4.39 Å². The maximum atomic E-state index is 14.5.